The molecule has 0 saturated heterocycles. The van der Waals surface area contributed by atoms with Gasteiger partial charge in [0.05, 0.1) is 18.0 Å². The van der Waals surface area contributed by atoms with Crippen molar-refractivity contribution in [2.75, 3.05) is 13.1 Å². The molecule has 0 N–H and O–H groups in total. The van der Waals surface area contributed by atoms with Crippen LogP contribution in [0.25, 0.3) is 0 Å². The van der Waals surface area contributed by atoms with Crippen molar-refractivity contribution in [1.82, 2.24) is 9.21 Å². The van der Waals surface area contributed by atoms with E-state index < -0.39 is 10.0 Å². The van der Waals surface area contributed by atoms with Crippen LogP contribution in [0.15, 0.2) is 76.0 Å². The summed E-state index contributed by atoms with van der Waals surface area (Å²) in [5.41, 5.74) is 0.949. The van der Waals surface area contributed by atoms with Crippen LogP contribution in [0.4, 0.5) is 0 Å². The van der Waals surface area contributed by atoms with Gasteiger partial charge in [-0.05, 0) is 54.8 Å². The third-order valence-electron chi connectivity index (χ3n) is 5.04. The van der Waals surface area contributed by atoms with Gasteiger partial charge in [0.2, 0.25) is 15.9 Å². The Hall–Kier alpha value is -2.61. The molecule has 3 rings (SSSR count). The van der Waals surface area contributed by atoms with Crippen molar-refractivity contribution in [2.24, 2.45) is 5.92 Å². The van der Waals surface area contributed by atoms with Crippen LogP contribution in [-0.4, -0.2) is 36.6 Å². The van der Waals surface area contributed by atoms with E-state index in [0.717, 1.165) is 11.3 Å². The number of rotatable bonds is 10. The van der Waals surface area contributed by atoms with Crippen LogP contribution in [-0.2, 0) is 27.9 Å². The number of furan rings is 1. The molecule has 0 fully saturated rings. The summed E-state index contributed by atoms with van der Waals surface area (Å²) in [7, 11) is -3.88. The number of hydrogen-bond donors (Lipinski definition) is 0. The molecule has 176 valence electrons. The van der Waals surface area contributed by atoms with Crippen molar-refractivity contribution in [3.63, 3.8) is 0 Å². The van der Waals surface area contributed by atoms with Gasteiger partial charge in [-0.3, -0.25) is 4.79 Å². The number of aryl methyl sites for hydroxylation is 1. The average molecular weight is 489 g/mol. The van der Waals surface area contributed by atoms with E-state index in [0.29, 0.717) is 17.3 Å². The number of sulfonamides is 1. The quantitative estimate of drug-likeness (QED) is 0.397. The van der Waals surface area contributed by atoms with E-state index in [1.807, 2.05) is 63.2 Å². The van der Waals surface area contributed by atoms with Gasteiger partial charge in [-0.15, -0.1) is 0 Å². The Bertz CT molecular complexity index is 1160. The SMILES string of the molecule is Cc1ccc(CN(Cc2ccccc2)C(=O)CN(CC(C)C)S(=O)(=O)c2ccc(Cl)cc2)o1. The normalized spacial score (nSPS) is 11.8. The molecule has 2 aromatic carbocycles. The van der Waals surface area contributed by atoms with Gasteiger partial charge < -0.3 is 9.32 Å². The highest BCUT2D eigenvalue weighted by molar-refractivity contribution is 7.89. The first kappa shape index (κ1) is 25.0. The van der Waals surface area contributed by atoms with Crippen LogP contribution in [0.3, 0.4) is 0 Å². The van der Waals surface area contributed by atoms with Crippen LogP contribution >= 0.6 is 11.6 Å². The molecule has 0 aliphatic heterocycles. The van der Waals surface area contributed by atoms with Gasteiger partial charge in [-0.1, -0.05) is 55.8 Å². The molecule has 0 atom stereocenters. The first-order valence-corrected chi connectivity index (χ1v) is 12.6. The minimum Gasteiger partial charge on any atom is -0.464 e. The molecule has 1 heterocycles. The molecule has 0 spiro atoms. The van der Waals surface area contributed by atoms with E-state index in [1.165, 1.54) is 28.6 Å². The van der Waals surface area contributed by atoms with Crippen molar-refractivity contribution in [3.05, 3.63) is 88.8 Å². The third kappa shape index (κ3) is 6.93. The number of halogens is 1. The molecule has 1 amide bonds. The number of benzene rings is 2. The van der Waals surface area contributed by atoms with Crippen LogP contribution < -0.4 is 0 Å². The van der Waals surface area contributed by atoms with Crippen LogP contribution in [0, 0.1) is 12.8 Å². The molecule has 0 aliphatic carbocycles. The summed E-state index contributed by atoms with van der Waals surface area (Å²) in [4.78, 5) is 15.2. The average Bonchev–Trinajstić information content (AvgIpc) is 3.18. The summed E-state index contributed by atoms with van der Waals surface area (Å²) >= 11 is 5.93. The number of hydrogen-bond acceptors (Lipinski definition) is 4. The maximum Gasteiger partial charge on any atom is 0.243 e. The van der Waals surface area contributed by atoms with E-state index in [9.17, 15) is 13.2 Å². The molecule has 8 heteroatoms. The fraction of sp³-hybridized carbons (Fsp3) is 0.320. The van der Waals surface area contributed by atoms with E-state index in [1.54, 1.807) is 4.90 Å². The van der Waals surface area contributed by atoms with Crippen LogP contribution in [0.5, 0.6) is 0 Å². The monoisotopic (exact) mass is 488 g/mol. The summed E-state index contributed by atoms with van der Waals surface area (Å²) in [5, 5.41) is 0.447. The number of carbonyl (C=O) groups is 1. The lowest BCUT2D eigenvalue weighted by Gasteiger charge is -2.28. The smallest absolute Gasteiger partial charge is 0.243 e. The first-order chi connectivity index (χ1) is 15.6. The molecule has 0 bridgehead atoms. The highest BCUT2D eigenvalue weighted by Crippen LogP contribution is 2.21. The topological polar surface area (TPSA) is 70.8 Å². The number of carbonyl (C=O) groups excluding carboxylic acids is 1. The highest BCUT2D eigenvalue weighted by atomic mass is 35.5. The molecule has 3 aromatic rings. The summed E-state index contributed by atoms with van der Waals surface area (Å²) < 4.78 is 33.6. The second kappa shape index (κ2) is 11.0. The minimum atomic E-state index is -3.88. The molecule has 0 radical (unpaired) electrons. The molecule has 6 nitrogen and oxygen atoms in total. The van der Waals surface area contributed by atoms with E-state index >= 15 is 0 Å². The van der Waals surface area contributed by atoms with Crippen molar-refractivity contribution < 1.29 is 17.6 Å². The Morgan fingerprint density at radius 1 is 0.970 bits per heavy atom. The molecular formula is C25H29ClN2O4S. The molecular weight excluding hydrogens is 460 g/mol. The Kier molecular flexibility index (Phi) is 8.35. The van der Waals surface area contributed by atoms with Gasteiger partial charge in [0.1, 0.15) is 11.5 Å². The molecule has 0 saturated carbocycles. The van der Waals surface area contributed by atoms with Crippen molar-refractivity contribution in [2.45, 2.75) is 38.8 Å². The zero-order valence-corrected chi connectivity index (χ0v) is 20.6. The molecule has 0 unspecified atom stereocenters. The van der Waals surface area contributed by atoms with Crippen LogP contribution in [0.1, 0.15) is 30.9 Å². The summed E-state index contributed by atoms with van der Waals surface area (Å²) in [6.45, 7) is 6.22. The van der Waals surface area contributed by atoms with E-state index in [2.05, 4.69) is 0 Å². The van der Waals surface area contributed by atoms with Gasteiger partial charge in [0.25, 0.3) is 0 Å². The maximum atomic E-state index is 13.4. The number of amides is 1. The van der Waals surface area contributed by atoms with Gasteiger partial charge in [0.15, 0.2) is 0 Å². The summed E-state index contributed by atoms with van der Waals surface area (Å²) in [6.07, 6.45) is 0. The Balaban J connectivity index is 1.87. The van der Waals surface area contributed by atoms with Gasteiger partial charge in [-0.25, -0.2) is 8.42 Å². The van der Waals surface area contributed by atoms with Gasteiger partial charge in [-0.2, -0.15) is 4.31 Å². The molecule has 33 heavy (non-hydrogen) atoms. The van der Waals surface area contributed by atoms with Gasteiger partial charge in [0, 0.05) is 18.1 Å². The van der Waals surface area contributed by atoms with E-state index in [4.69, 9.17) is 16.0 Å². The Labute approximate surface area is 200 Å². The lowest BCUT2D eigenvalue weighted by molar-refractivity contribution is -0.133. The minimum absolute atomic E-state index is 0.0372. The standard InChI is InChI=1S/C25H29ClN2O4S/c1-19(2)15-28(33(30,31)24-13-10-22(26)11-14-24)18-25(29)27(16-21-7-5-4-6-8-21)17-23-12-9-20(3)32-23/h4-14,19H,15-18H2,1-3H3. The van der Waals surface area contributed by atoms with E-state index in [-0.39, 0.29) is 36.4 Å². The zero-order chi connectivity index (χ0) is 24.0. The lowest BCUT2D eigenvalue weighted by atomic mass is 10.2. The molecule has 0 aliphatic rings. The highest BCUT2D eigenvalue weighted by Gasteiger charge is 2.29. The zero-order valence-electron chi connectivity index (χ0n) is 19.1. The Morgan fingerprint density at radius 3 is 2.21 bits per heavy atom. The van der Waals surface area contributed by atoms with Crippen molar-refractivity contribution in [1.29, 1.82) is 0 Å². The predicted molar refractivity (Wildman–Crippen MR) is 129 cm³/mol. The lowest BCUT2D eigenvalue weighted by Crippen LogP contribution is -2.43. The molecule has 1 aromatic heterocycles. The predicted octanol–water partition coefficient (Wildman–Crippen LogP) is 5.12. The third-order valence-corrected chi connectivity index (χ3v) is 7.12. The number of nitrogens with zero attached hydrogens (tertiary/aromatic N) is 2. The second-order valence-electron chi connectivity index (χ2n) is 8.39. The van der Waals surface area contributed by atoms with Crippen LogP contribution in [0.2, 0.25) is 5.02 Å². The van der Waals surface area contributed by atoms with Crippen molar-refractivity contribution >= 4 is 27.5 Å². The fourth-order valence-electron chi connectivity index (χ4n) is 3.46. The van der Waals surface area contributed by atoms with Crippen molar-refractivity contribution in [3.8, 4) is 0 Å². The Morgan fingerprint density at radius 2 is 1.64 bits per heavy atom. The fourth-order valence-corrected chi connectivity index (χ4v) is 5.13. The van der Waals surface area contributed by atoms with Gasteiger partial charge >= 0.3 is 0 Å². The second-order valence-corrected chi connectivity index (χ2v) is 10.8. The first-order valence-electron chi connectivity index (χ1n) is 10.8. The summed E-state index contributed by atoms with van der Waals surface area (Å²) in [5.74, 6) is 1.14. The largest absolute Gasteiger partial charge is 0.464 e. The maximum absolute atomic E-state index is 13.4. The summed E-state index contributed by atoms with van der Waals surface area (Å²) in [6, 6.07) is 19.3.